The molecule has 0 fully saturated rings. The van der Waals surface area contributed by atoms with Gasteiger partial charge in [-0.2, -0.15) is 0 Å². The Morgan fingerprint density at radius 1 is 0.625 bits per heavy atom. The van der Waals surface area contributed by atoms with Crippen LogP contribution in [0.15, 0.2) is 60.7 Å². The number of benzene rings is 2. The fourth-order valence-electron chi connectivity index (χ4n) is 1.80. The van der Waals surface area contributed by atoms with Gasteiger partial charge in [-0.05, 0) is 11.1 Å². The van der Waals surface area contributed by atoms with Gasteiger partial charge in [0.05, 0.1) is 0 Å². The third-order valence-electron chi connectivity index (χ3n) is 2.57. The van der Waals surface area contributed by atoms with Crippen molar-refractivity contribution in [2.24, 2.45) is 0 Å². The highest BCUT2D eigenvalue weighted by Gasteiger charge is 2.20. The van der Waals surface area contributed by atoms with E-state index in [0.717, 1.165) is 11.1 Å². The molecule has 2 rings (SSSR count). The first kappa shape index (κ1) is 11.5. The van der Waals surface area contributed by atoms with Gasteiger partial charge in [-0.1, -0.05) is 60.7 Å². The van der Waals surface area contributed by atoms with Gasteiger partial charge in [0.25, 0.3) is 0 Å². The highest BCUT2D eigenvalue weighted by atomic mass is 35.5. The highest BCUT2D eigenvalue weighted by Crippen LogP contribution is 2.32. The van der Waals surface area contributed by atoms with E-state index in [4.69, 9.17) is 23.2 Å². The lowest BCUT2D eigenvalue weighted by Gasteiger charge is -2.18. The van der Waals surface area contributed by atoms with Gasteiger partial charge in [0.2, 0.25) is 0 Å². The molecule has 0 unspecified atom stereocenters. The van der Waals surface area contributed by atoms with Crippen LogP contribution in [0.2, 0.25) is 0 Å². The standard InChI is InChI=1S/C14H12Cl2/c15-14(16)13(11-7-3-1-4-8-11)12-9-5-2-6-10-12/h1-10,13-14H. The molecule has 0 amide bonds. The summed E-state index contributed by atoms with van der Waals surface area (Å²) in [6.45, 7) is 0. The largest absolute Gasteiger partial charge is 0.118 e. The number of alkyl halides is 2. The van der Waals surface area contributed by atoms with Crippen LogP contribution in [0, 0.1) is 0 Å². The normalized spacial score (nSPS) is 11.0. The van der Waals surface area contributed by atoms with Crippen molar-refractivity contribution in [3.05, 3.63) is 71.8 Å². The summed E-state index contributed by atoms with van der Waals surface area (Å²) in [6.07, 6.45) is 0. The van der Waals surface area contributed by atoms with Crippen LogP contribution in [-0.4, -0.2) is 4.84 Å². The first-order chi connectivity index (χ1) is 7.79. The summed E-state index contributed by atoms with van der Waals surface area (Å²) in [5, 5.41) is 0. The lowest BCUT2D eigenvalue weighted by atomic mass is 9.93. The third kappa shape index (κ3) is 2.58. The van der Waals surface area contributed by atoms with Gasteiger partial charge in [-0.25, -0.2) is 0 Å². The topological polar surface area (TPSA) is 0 Å². The summed E-state index contributed by atoms with van der Waals surface area (Å²) >= 11 is 12.2. The molecule has 2 heteroatoms. The van der Waals surface area contributed by atoms with Crippen molar-refractivity contribution in [2.45, 2.75) is 10.8 Å². The minimum absolute atomic E-state index is 0.0331. The van der Waals surface area contributed by atoms with Gasteiger partial charge < -0.3 is 0 Å². The van der Waals surface area contributed by atoms with E-state index in [1.54, 1.807) is 0 Å². The van der Waals surface area contributed by atoms with Crippen LogP contribution in [0.4, 0.5) is 0 Å². The molecule has 0 aliphatic rings. The van der Waals surface area contributed by atoms with Crippen LogP contribution in [0.5, 0.6) is 0 Å². The molecule has 82 valence electrons. The molecule has 0 bridgehead atoms. The van der Waals surface area contributed by atoms with Gasteiger partial charge in [0.15, 0.2) is 0 Å². The Morgan fingerprint density at radius 3 is 1.31 bits per heavy atom. The summed E-state index contributed by atoms with van der Waals surface area (Å²) in [5.74, 6) is 0.0331. The Hall–Kier alpha value is -0.980. The van der Waals surface area contributed by atoms with Crippen molar-refractivity contribution >= 4 is 23.2 Å². The molecule has 0 aliphatic heterocycles. The Kier molecular flexibility index (Phi) is 3.87. The average molecular weight is 251 g/mol. The molecular formula is C14H12Cl2. The molecule has 2 aromatic rings. The Morgan fingerprint density at radius 2 is 1.00 bits per heavy atom. The molecule has 0 heterocycles. The summed E-state index contributed by atoms with van der Waals surface area (Å²) in [5.41, 5.74) is 2.28. The maximum atomic E-state index is 6.08. The smallest absolute Gasteiger partial charge is 0.104 e. The molecule has 0 aromatic heterocycles. The Balaban J connectivity index is 2.40. The zero-order valence-corrected chi connectivity index (χ0v) is 10.2. The lowest BCUT2D eigenvalue weighted by molar-refractivity contribution is 0.887. The Labute approximate surface area is 106 Å². The molecular weight excluding hydrogens is 239 g/mol. The van der Waals surface area contributed by atoms with Gasteiger partial charge in [-0.3, -0.25) is 0 Å². The summed E-state index contributed by atoms with van der Waals surface area (Å²) in [6, 6.07) is 20.2. The fourth-order valence-corrected chi connectivity index (χ4v) is 2.39. The summed E-state index contributed by atoms with van der Waals surface area (Å²) in [7, 11) is 0. The molecule has 0 spiro atoms. The number of hydrogen-bond donors (Lipinski definition) is 0. The van der Waals surface area contributed by atoms with E-state index >= 15 is 0 Å². The molecule has 0 nitrogen and oxygen atoms in total. The van der Waals surface area contributed by atoms with Crippen LogP contribution in [0.1, 0.15) is 17.0 Å². The van der Waals surface area contributed by atoms with E-state index in [1.807, 2.05) is 36.4 Å². The summed E-state index contributed by atoms with van der Waals surface area (Å²) < 4.78 is 0. The first-order valence-corrected chi connectivity index (χ1v) is 6.04. The minimum atomic E-state index is -0.440. The summed E-state index contributed by atoms with van der Waals surface area (Å²) in [4.78, 5) is -0.440. The maximum absolute atomic E-state index is 6.08. The lowest BCUT2D eigenvalue weighted by Crippen LogP contribution is -2.08. The van der Waals surface area contributed by atoms with Crippen molar-refractivity contribution in [1.29, 1.82) is 0 Å². The maximum Gasteiger partial charge on any atom is 0.118 e. The van der Waals surface area contributed by atoms with Gasteiger partial charge in [0.1, 0.15) is 4.84 Å². The minimum Gasteiger partial charge on any atom is -0.104 e. The zero-order chi connectivity index (χ0) is 11.4. The van der Waals surface area contributed by atoms with Crippen LogP contribution >= 0.6 is 23.2 Å². The second-order valence-corrected chi connectivity index (χ2v) is 4.80. The van der Waals surface area contributed by atoms with Gasteiger partial charge >= 0.3 is 0 Å². The van der Waals surface area contributed by atoms with Crippen molar-refractivity contribution in [1.82, 2.24) is 0 Å². The quantitative estimate of drug-likeness (QED) is 0.698. The van der Waals surface area contributed by atoms with Crippen molar-refractivity contribution in [2.75, 3.05) is 0 Å². The number of rotatable bonds is 3. The predicted octanol–water partition coefficient (Wildman–Crippen LogP) is 4.62. The van der Waals surface area contributed by atoms with E-state index in [-0.39, 0.29) is 5.92 Å². The predicted molar refractivity (Wildman–Crippen MR) is 70.2 cm³/mol. The molecule has 0 N–H and O–H groups in total. The van der Waals surface area contributed by atoms with E-state index in [1.165, 1.54) is 0 Å². The van der Waals surface area contributed by atoms with Crippen LogP contribution in [0.3, 0.4) is 0 Å². The second kappa shape index (κ2) is 5.38. The highest BCUT2D eigenvalue weighted by molar-refractivity contribution is 6.45. The van der Waals surface area contributed by atoms with Crippen LogP contribution < -0.4 is 0 Å². The van der Waals surface area contributed by atoms with E-state index in [0.29, 0.717) is 0 Å². The molecule has 0 atom stereocenters. The van der Waals surface area contributed by atoms with Crippen LogP contribution in [-0.2, 0) is 0 Å². The fraction of sp³-hybridized carbons (Fsp3) is 0.143. The molecule has 0 saturated carbocycles. The molecule has 0 saturated heterocycles. The van der Waals surface area contributed by atoms with Gasteiger partial charge in [0, 0.05) is 5.92 Å². The molecule has 16 heavy (non-hydrogen) atoms. The number of halogens is 2. The average Bonchev–Trinajstić information content (AvgIpc) is 2.31. The zero-order valence-electron chi connectivity index (χ0n) is 8.68. The molecule has 0 aliphatic carbocycles. The number of hydrogen-bond acceptors (Lipinski definition) is 0. The van der Waals surface area contributed by atoms with Crippen LogP contribution in [0.25, 0.3) is 0 Å². The van der Waals surface area contributed by atoms with E-state index in [9.17, 15) is 0 Å². The Bertz CT molecular complexity index is 384. The second-order valence-electron chi connectivity index (χ2n) is 3.63. The monoisotopic (exact) mass is 250 g/mol. The van der Waals surface area contributed by atoms with Crippen molar-refractivity contribution < 1.29 is 0 Å². The molecule has 0 radical (unpaired) electrons. The van der Waals surface area contributed by atoms with E-state index in [2.05, 4.69) is 24.3 Å². The van der Waals surface area contributed by atoms with E-state index < -0.39 is 4.84 Å². The SMILES string of the molecule is ClC(Cl)C(c1ccccc1)c1ccccc1. The molecule has 2 aromatic carbocycles. The third-order valence-corrected chi connectivity index (χ3v) is 3.07. The first-order valence-electron chi connectivity index (χ1n) is 5.17. The van der Waals surface area contributed by atoms with Crippen molar-refractivity contribution in [3.63, 3.8) is 0 Å². The van der Waals surface area contributed by atoms with Crippen molar-refractivity contribution in [3.8, 4) is 0 Å². The van der Waals surface area contributed by atoms with Gasteiger partial charge in [-0.15, -0.1) is 23.2 Å².